The molecule has 1 aliphatic rings. The molecule has 2 atom stereocenters. The number of benzene rings is 2. The number of rotatable bonds is 11. The first-order chi connectivity index (χ1) is 25.0. The first-order valence-corrected chi connectivity index (χ1v) is 16.6. The molecule has 20 heteroatoms. The van der Waals surface area contributed by atoms with Gasteiger partial charge in [0.15, 0.2) is 11.8 Å². The van der Waals surface area contributed by atoms with Crippen LogP contribution in [0.15, 0.2) is 61.2 Å². The highest BCUT2D eigenvalue weighted by atomic mass is 35.5. The fraction of sp³-hybridized carbons (Fsp3) is 0.412. The van der Waals surface area contributed by atoms with E-state index in [4.69, 9.17) is 21.7 Å². The number of amides is 2. The number of hydrogen-bond donors (Lipinski definition) is 3. The molecule has 0 saturated carbocycles. The highest BCUT2D eigenvalue weighted by Crippen LogP contribution is 2.43. The summed E-state index contributed by atoms with van der Waals surface area (Å²) in [5.41, 5.74) is -3.75. The number of nitrogens with one attached hydrogen (secondary N) is 3. The zero-order chi connectivity index (χ0) is 40.0. The Balaban J connectivity index is 1.58. The van der Waals surface area contributed by atoms with Crippen molar-refractivity contribution < 1.29 is 45.1 Å². The predicted molar refractivity (Wildman–Crippen MR) is 181 cm³/mol. The number of alkyl halides is 7. The molecule has 1 aliphatic heterocycles. The van der Waals surface area contributed by atoms with Gasteiger partial charge in [0.05, 0.1) is 22.9 Å². The molecule has 1 fully saturated rings. The lowest BCUT2D eigenvalue weighted by Crippen LogP contribution is -2.54. The molecule has 0 radical (unpaired) electrons. The van der Waals surface area contributed by atoms with Gasteiger partial charge in [0, 0.05) is 11.8 Å². The highest BCUT2D eigenvalue weighted by Gasteiger charge is 2.55. The molecule has 2 aromatic heterocycles. The molecule has 5 rings (SSSR count). The standard InChI is InChI=1S/C34H35ClF7N9O3/c1-31(2,3)16-33(21-9-6-18(7-10-21)20-13-45-49(14-20)28(38)39)27(52)50(29(43)47-33)24(15-54-30(53)48-32(4,5)34(40,41)42)19-8-11-22(35)23(12-19)51-26(25(36)37)44-17-46-51/h6-14,17,24-25,28H,15-16H2,1-5H3,(H2,43,47)(H,48,53)/t24-,33-/m1/s1. The molecule has 0 bridgehead atoms. The number of alkyl carbamates (subject to hydrolysis) is 1. The molecule has 0 unspecified atom stereocenters. The average molecular weight is 786 g/mol. The molecule has 1 saturated heterocycles. The van der Waals surface area contributed by atoms with Gasteiger partial charge in [-0.25, -0.2) is 27.9 Å². The van der Waals surface area contributed by atoms with Crippen LogP contribution in [0.4, 0.5) is 35.5 Å². The van der Waals surface area contributed by atoms with E-state index in [1.165, 1.54) is 24.4 Å². The number of carbonyl (C=O) groups is 2. The average Bonchev–Trinajstić information content (AvgIpc) is 3.81. The second-order valence-corrected chi connectivity index (χ2v) is 14.7. The Morgan fingerprint density at radius 3 is 2.26 bits per heavy atom. The number of halogens is 8. The van der Waals surface area contributed by atoms with Crippen LogP contribution in [0.3, 0.4) is 0 Å². The van der Waals surface area contributed by atoms with Gasteiger partial charge in [-0.2, -0.15) is 32.1 Å². The number of ether oxygens (including phenoxy) is 1. The summed E-state index contributed by atoms with van der Waals surface area (Å²) in [6, 6.07) is 8.82. The van der Waals surface area contributed by atoms with Crippen molar-refractivity contribution in [2.24, 2.45) is 5.41 Å². The van der Waals surface area contributed by atoms with Gasteiger partial charge in [0.2, 0.25) is 0 Å². The van der Waals surface area contributed by atoms with E-state index in [0.29, 0.717) is 21.4 Å². The van der Waals surface area contributed by atoms with Crippen molar-refractivity contribution in [3.8, 4) is 16.8 Å². The fourth-order valence-corrected chi connectivity index (χ4v) is 6.19. The largest absolute Gasteiger partial charge is 0.447 e. The maximum atomic E-state index is 14.9. The smallest absolute Gasteiger partial charge is 0.411 e. The third-order valence-electron chi connectivity index (χ3n) is 8.62. The zero-order valence-corrected chi connectivity index (χ0v) is 30.1. The number of aromatic nitrogens is 5. The van der Waals surface area contributed by atoms with Crippen LogP contribution in [-0.2, 0) is 15.1 Å². The Hall–Kier alpha value is -5.20. The van der Waals surface area contributed by atoms with Crippen LogP contribution in [0, 0.1) is 10.8 Å². The van der Waals surface area contributed by atoms with Crippen LogP contribution in [0.25, 0.3) is 16.8 Å². The number of hydrogen-bond acceptors (Lipinski definition) is 7. The van der Waals surface area contributed by atoms with Crippen molar-refractivity contribution in [2.75, 3.05) is 6.61 Å². The van der Waals surface area contributed by atoms with Crippen LogP contribution in [-0.4, -0.2) is 65.7 Å². The van der Waals surface area contributed by atoms with Crippen LogP contribution in [0.2, 0.25) is 5.02 Å². The first kappa shape index (κ1) is 40.0. The van der Waals surface area contributed by atoms with Gasteiger partial charge in [0.25, 0.3) is 12.3 Å². The van der Waals surface area contributed by atoms with Gasteiger partial charge >= 0.3 is 18.8 Å². The lowest BCUT2D eigenvalue weighted by molar-refractivity contribution is -0.183. The second kappa shape index (κ2) is 14.6. The number of guanidine groups is 1. The summed E-state index contributed by atoms with van der Waals surface area (Å²) in [6.07, 6.45) is -6.07. The topological polar surface area (TPSA) is 143 Å². The lowest BCUT2D eigenvalue weighted by atomic mass is 9.75. The summed E-state index contributed by atoms with van der Waals surface area (Å²) < 4.78 is 101. The lowest BCUT2D eigenvalue weighted by Gasteiger charge is -2.35. The van der Waals surface area contributed by atoms with Crippen molar-refractivity contribution in [3.63, 3.8) is 0 Å². The fourth-order valence-electron chi connectivity index (χ4n) is 6.00. The molecular formula is C34H35ClF7N9O3. The summed E-state index contributed by atoms with van der Waals surface area (Å²) in [7, 11) is 0. The van der Waals surface area contributed by atoms with E-state index >= 15 is 0 Å². The third-order valence-corrected chi connectivity index (χ3v) is 8.94. The van der Waals surface area contributed by atoms with Crippen LogP contribution >= 0.6 is 11.6 Å². The first-order valence-electron chi connectivity index (χ1n) is 16.2. The summed E-state index contributed by atoms with van der Waals surface area (Å²) in [4.78, 5) is 32.2. The maximum Gasteiger partial charge on any atom is 0.411 e. The summed E-state index contributed by atoms with van der Waals surface area (Å²) >= 11 is 6.39. The molecule has 3 heterocycles. The predicted octanol–water partition coefficient (Wildman–Crippen LogP) is 7.92. The molecule has 12 nitrogen and oxygen atoms in total. The molecule has 290 valence electrons. The monoisotopic (exact) mass is 785 g/mol. The van der Waals surface area contributed by atoms with E-state index in [-0.39, 0.29) is 22.7 Å². The molecule has 0 spiro atoms. The van der Waals surface area contributed by atoms with Crippen molar-refractivity contribution in [1.82, 2.24) is 40.1 Å². The van der Waals surface area contributed by atoms with E-state index < -0.39 is 72.1 Å². The van der Waals surface area contributed by atoms with Crippen molar-refractivity contribution >= 4 is 29.6 Å². The van der Waals surface area contributed by atoms with Crippen molar-refractivity contribution in [2.45, 2.75) is 77.3 Å². The van der Waals surface area contributed by atoms with Crippen molar-refractivity contribution in [1.29, 1.82) is 5.41 Å². The minimum absolute atomic E-state index is 0.0716. The summed E-state index contributed by atoms with van der Waals surface area (Å²) in [5.74, 6) is -1.98. The van der Waals surface area contributed by atoms with Crippen LogP contribution < -0.4 is 10.6 Å². The highest BCUT2D eigenvalue weighted by molar-refractivity contribution is 6.32. The van der Waals surface area contributed by atoms with Crippen LogP contribution in [0.1, 0.15) is 77.0 Å². The van der Waals surface area contributed by atoms with Gasteiger partial charge in [-0.15, -0.1) is 0 Å². The van der Waals surface area contributed by atoms with E-state index in [2.05, 4.69) is 20.5 Å². The van der Waals surface area contributed by atoms with E-state index in [1.54, 1.807) is 29.6 Å². The molecule has 2 amide bonds. The molecule has 2 aromatic carbocycles. The van der Waals surface area contributed by atoms with Gasteiger partial charge in [-0.05, 0) is 54.5 Å². The maximum absolute atomic E-state index is 14.9. The Labute approximate surface area is 309 Å². The molecular weight excluding hydrogens is 751 g/mol. The Bertz CT molecular complexity index is 2030. The second-order valence-electron chi connectivity index (χ2n) is 14.3. The molecule has 0 aliphatic carbocycles. The van der Waals surface area contributed by atoms with E-state index in [1.807, 2.05) is 20.8 Å². The van der Waals surface area contributed by atoms with Gasteiger partial charge < -0.3 is 15.4 Å². The third kappa shape index (κ3) is 8.00. The normalized spacial score (nSPS) is 17.4. The molecule has 54 heavy (non-hydrogen) atoms. The minimum Gasteiger partial charge on any atom is -0.447 e. The van der Waals surface area contributed by atoms with Crippen LogP contribution in [0.5, 0.6) is 0 Å². The van der Waals surface area contributed by atoms with Gasteiger partial charge in [-0.1, -0.05) is 62.7 Å². The minimum atomic E-state index is -4.86. The number of carbonyl (C=O) groups excluding carboxylic acids is 2. The number of nitrogens with zero attached hydrogens (tertiary/aromatic N) is 6. The van der Waals surface area contributed by atoms with Gasteiger partial charge in [-0.3, -0.25) is 15.1 Å². The van der Waals surface area contributed by atoms with Crippen molar-refractivity contribution in [3.05, 3.63) is 83.2 Å². The molecule has 4 aromatic rings. The Morgan fingerprint density at radius 1 is 1.02 bits per heavy atom. The Kier molecular flexibility index (Phi) is 10.8. The summed E-state index contributed by atoms with van der Waals surface area (Å²) in [6.45, 7) is 3.31. The molecule has 3 N–H and O–H groups in total. The van der Waals surface area contributed by atoms with E-state index in [9.17, 15) is 40.3 Å². The zero-order valence-electron chi connectivity index (χ0n) is 29.4. The Morgan fingerprint density at radius 2 is 1.69 bits per heavy atom. The van der Waals surface area contributed by atoms with Gasteiger partial charge in [0.1, 0.15) is 24.0 Å². The SMILES string of the molecule is CC(C)(C)C[C@]1(c2ccc(-c3cnn(C(F)F)c3)cc2)NC(=N)N([C@H](COC(=O)NC(C)(C)C(F)(F)F)c2ccc(Cl)c(-n3ncnc3C(F)F)c2)C1=O. The quantitative estimate of drug-likeness (QED) is 0.131. The van der Waals surface area contributed by atoms with E-state index in [0.717, 1.165) is 36.0 Å². The summed E-state index contributed by atoms with van der Waals surface area (Å²) in [5, 5.41) is 21.2.